The molecule has 0 atom stereocenters. The molecule has 1 N–H and O–H groups in total. The fourth-order valence-corrected chi connectivity index (χ4v) is 2.44. The third kappa shape index (κ3) is 3.34. The minimum atomic E-state index is 0.623. The van der Waals surface area contributed by atoms with Crippen LogP contribution in [-0.4, -0.2) is 7.11 Å². The maximum atomic E-state index is 6.11. The molecule has 0 aromatic heterocycles. The second kappa shape index (κ2) is 6.18. The summed E-state index contributed by atoms with van der Waals surface area (Å²) in [7, 11) is 1.67. The van der Waals surface area contributed by atoms with Crippen molar-refractivity contribution in [1.82, 2.24) is 0 Å². The summed E-state index contributed by atoms with van der Waals surface area (Å²) in [5, 5.41) is 4.50. The van der Waals surface area contributed by atoms with Gasteiger partial charge in [-0.2, -0.15) is 0 Å². The van der Waals surface area contributed by atoms with Gasteiger partial charge in [-0.25, -0.2) is 0 Å². The number of hydrogen-bond donors (Lipinski definition) is 1. The average molecular weight is 296 g/mol. The van der Waals surface area contributed by atoms with E-state index in [0.717, 1.165) is 22.6 Å². The van der Waals surface area contributed by atoms with Gasteiger partial charge in [0.15, 0.2) is 0 Å². The monoisotopic (exact) mass is 295 g/mol. The molecule has 0 radical (unpaired) electrons. The quantitative estimate of drug-likeness (QED) is 0.864. The molecule has 0 saturated heterocycles. The molecule has 0 bridgehead atoms. The molecule has 4 heteroatoms. The third-order valence-electron chi connectivity index (χ3n) is 2.89. The Morgan fingerprint density at radius 1 is 1.11 bits per heavy atom. The van der Waals surface area contributed by atoms with Gasteiger partial charge in [-0.1, -0.05) is 41.4 Å². The van der Waals surface area contributed by atoms with Crippen LogP contribution in [0.4, 0.5) is 5.69 Å². The molecule has 0 fully saturated rings. The Labute approximate surface area is 123 Å². The number of nitrogens with one attached hydrogen (secondary N) is 1. The second-order valence-electron chi connectivity index (χ2n) is 4.25. The van der Waals surface area contributed by atoms with E-state index in [2.05, 4.69) is 11.4 Å². The summed E-state index contributed by atoms with van der Waals surface area (Å²) in [5.74, 6) is 0.888. The van der Waals surface area contributed by atoms with Crippen LogP contribution in [0.1, 0.15) is 11.1 Å². The van der Waals surface area contributed by atoms with E-state index in [1.807, 2.05) is 37.3 Å². The third-order valence-corrected chi connectivity index (χ3v) is 3.52. The van der Waals surface area contributed by atoms with Crippen molar-refractivity contribution in [1.29, 1.82) is 0 Å². The summed E-state index contributed by atoms with van der Waals surface area (Å²) in [4.78, 5) is 0. The zero-order chi connectivity index (χ0) is 13.8. The Kier molecular flexibility index (Phi) is 4.56. The van der Waals surface area contributed by atoms with Crippen molar-refractivity contribution in [2.75, 3.05) is 12.4 Å². The number of halogens is 2. The van der Waals surface area contributed by atoms with Crippen molar-refractivity contribution in [3.8, 4) is 5.75 Å². The first-order valence-corrected chi connectivity index (χ1v) is 6.69. The van der Waals surface area contributed by atoms with Gasteiger partial charge < -0.3 is 10.1 Å². The fraction of sp³-hybridized carbons (Fsp3) is 0.200. The summed E-state index contributed by atoms with van der Waals surface area (Å²) in [6.45, 7) is 2.68. The lowest BCUT2D eigenvalue weighted by Gasteiger charge is -2.12. The molecular formula is C15H15Cl2NO. The standard InChI is InChI=1S/C15H15Cl2NO/c1-10-8-11(6-7-14(10)19-2)9-18-15-12(16)4-3-5-13(15)17/h3-8,18H,9H2,1-2H3. The van der Waals surface area contributed by atoms with Gasteiger partial charge in [0, 0.05) is 6.54 Å². The number of methoxy groups -OCH3 is 1. The van der Waals surface area contributed by atoms with Crippen molar-refractivity contribution >= 4 is 28.9 Å². The molecule has 0 aliphatic carbocycles. The van der Waals surface area contributed by atoms with Gasteiger partial charge in [0.2, 0.25) is 0 Å². The molecule has 0 aliphatic heterocycles. The first-order chi connectivity index (χ1) is 9.11. The van der Waals surface area contributed by atoms with Crippen LogP contribution in [-0.2, 0) is 6.54 Å². The van der Waals surface area contributed by atoms with Crippen LogP contribution in [0, 0.1) is 6.92 Å². The topological polar surface area (TPSA) is 21.3 Å². The summed E-state index contributed by atoms with van der Waals surface area (Å²) < 4.78 is 5.24. The normalized spacial score (nSPS) is 10.3. The van der Waals surface area contributed by atoms with E-state index in [1.54, 1.807) is 7.11 Å². The van der Waals surface area contributed by atoms with Crippen LogP contribution in [0.15, 0.2) is 36.4 Å². The Morgan fingerprint density at radius 2 is 1.79 bits per heavy atom. The molecule has 0 amide bonds. The number of rotatable bonds is 4. The highest BCUT2D eigenvalue weighted by Gasteiger charge is 2.05. The molecule has 0 heterocycles. The van der Waals surface area contributed by atoms with E-state index < -0.39 is 0 Å². The molecule has 100 valence electrons. The second-order valence-corrected chi connectivity index (χ2v) is 5.07. The zero-order valence-corrected chi connectivity index (χ0v) is 12.3. The minimum Gasteiger partial charge on any atom is -0.496 e. The van der Waals surface area contributed by atoms with Crippen LogP contribution in [0.5, 0.6) is 5.75 Å². The number of para-hydroxylation sites is 1. The van der Waals surface area contributed by atoms with Crippen molar-refractivity contribution < 1.29 is 4.74 Å². The van der Waals surface area contributed by atoms with E-state index in [1.165, 1.54) is 0 Å². The van der Waals surface area contributed by atoms with E-state index in [0.29, 0.717) is 16.6 Å². The van der Waals surface area contributed by atoms with E-state index in [4.69, 9.17) is 27.9 Å². The number of ether oxygens (including phenoxy) is 1. The lowest BCUT2D eigenvalue weighted by atomic mass is 10.1. The number of benzene rings is 2. The number of aryl methyl sites for hydroxylation is 1. The Balaban J connectivity index is 2.13. The highest BCUT2D eigenvalue weighted by Crippen LogP contribution is 2.30. The molecule has 0 unspecified atom stereocenters. The molecule has 2 aromatic rings. The zero-order valence-electron chi connectivity index (χ0n) is 10.8. The summed E-state index contributed by atoms with van der Waals surface area (Å²) >= 11 is 12.2. The highest BCUT2D eigenvalue weighted by molar-refractivity contribution is 6.39. The average Bonchev–Trinajstić information content (AvgIpc) is 2.38. The molecule has 0 saturated carbocycles. The van der Waals surface area contributed by atoms with Gasteiger partial charge in [-0.15, -0.1) is 0 Å². The Morgan fingerprint density at radius 3 is 2.37 bits per heavy atom. The Bertz CT molecular complexity index is 564. The van der Waals surface area contributed by atoms with Crippen LogP contribution < -0.4 is 10.1 Å². The lowest BCUT2D eigenvalue weighted by Crippen LogP contribution is -2.01. The van der Waals surface area contributed by atoms with E-state index >= 15 is 0 Å². The van der Waals surface area contributed by atoms with Crippen molar-refractivity contribution in [3.05, 3.63) is 57.6 Å². The largest absolute Gasteiger partial charge is 0.496 e. The van der Waals surface area contributed by atoms with Crippen molar-refractivity contribution in [3.63, 3.8) is 0 Å². The van der Waals surface area contributed by atoms with Crippen LogP contribution in [0.25, 0.3) is 0 Å². The number of anilines is 1. The van der Waals surface area contributed by atoms with Crippen molar-refractivity contribution in [2.24, 2.45) is 0 Å². The van der Waals surface area contributed by atoms with Gasteiger partial charge in [-0.3, -0.25) is 0 Å². The molecule has 2 aromatic carbocycles. The van der Waals surface area contributed by atoms with E-state index in [9.17, 15) is 0 Å². The summed E-state index contributed by atoms with van der Waals surface area (Å²) in [6.07, 6.45) is 0. The highest BCUT2D eigenvalue weighted by atomic mass is 35.5. The van der Waals surface area contributed by atoms with Gasteiger partial charge in [0.05, 0.1) is 22.8 Å². The van der Waals surface area contributed by atoms with Gasteiger partial charge in [0.25, 0.3) is 0 Å². The predicted octanol–water partition coefficient (Wildman–Crippen LogP) is 4.92. The maximum absolute atomic E-state index is 6.11. The van der Waals surface area contributed by atoms with Crippen LogP contribution >= 0.6 is 23.2 Å². The van der Waals surface area contributed by atoms with Gasteiger partial charge in [-0.05, 0) is 36.2 Å². The lowest BCUT2D eigenvalue weighted by molar-refractivity contribution is 0.411. The first kappa shape index (κ1) is 14.0. The summed E-state index contributed by atoms with van der Waals surface area (Å²) in [5.41, 5.74) is 3.01. The molecule has 0 aliphatic rings. The molecule has 2 rings (SSSR count). The molecule has 2 nitrogen and oxygen atoms in total. The minimum absolute atomic E-state index is 0.623. The predicted molar refractivity (Wildman–Crippen MR) is 81.5 cm³/mol. The van der Waals surface area contributed by atoms with Crippen LogP contribution in [0.3, 0.4) is 0 Å². The molecule has 0 spiro atoms. The smallest absolute Gasteiger partial charge is 0.121 e. The van der Waals surface area contributed by atoms with E-state index in [-0.39, 0.29) is 0 Å². The molecule has 19 heavy (non-hydrogen) atoms. The van der Waals surface area contributed by atoms with Gasteiger partial charge >= 0.3 is 0 Å². The Hall–Kier alpha value is -1.38. The van der Waals surface area contributed by atoms with Crippen molar-refractivity contribution in [2.45, 2.75) is 13.5 Å². The maximum Gasteiger partial charge on any atom is 0.121 e. The van der Waals surface area contributed by atoms with Gasteiger partial charge in [0.1, 0.15) is 5.75 Å². The molecular weight excluding hydrogens is 281 g/mol. The van der Waals surface area contributed by atoms with Crippen LogP contribution in [0.2, 0.25) is 10.0 Å². The SMILES string of the molecule is COc1ccc(CNc2c(Cl)cccc2Cl)cc1C. The fourth-order valence-electron chi connectivity index (χ4n) is 1.91. The summed E-state index contributed by atoms with van der Waals surface area (Å²) in [6, 6.07) is 11.5. The first-order valence-electron chi connectivity index (χ1n) is 5.93. The number of hydrogen-bond acceptors (Lipinski definition) is 2.